The van der Waals surface area contributed by atoms with Crippen LogP contribution in [0.1, 0.15) is 20.3 Å². The van der Waals surface area contributed by atoms with Crippen LogP contribution in [-0.4, -0.2) is 19.1 Å². The number of hydrogen-bond donors (Lipinski definition) is 0. The summed E-state index contributed by atoms with van der Waals surface area (Å²) in [7, 11) is 0. The molecule has 2 heterocycles. The normalized spacial score (nSPS) is 35.1. The first-order valence-corrected chi connectivity index (χ1v) is 7.11. The second kappa shape index (κ2) is 3.88. The minimum atomic E-state index is 0.659. The largest absolute Gasteiger partial charge is 0.279 e. The highest BCUT2D eigenvalue weighted by Crippen LogP contribution is 2.50. The third kappa shape index (κ3) is 1.80. The van der Waals surface area contributed by atoms with Crippen molar-refractivity contribution in [2.75, 3.05) is 13.1 Å². The zero-order valence-corrected chi connectivity index (χ0v) is 11.8. The van der Waals surface area contributed by atoms with Crippen LogP contribution in [0.5, 0.6) is 0 Å². The van der Waals surface area contributed by atoms with Crippen molar-refractivity contribution < 1.29 is 0 Å². The number of benzene rings is 1. The van der Waals surface area contributed by atoms with Crippen molar-refractivity contribution in [2.24, 2.45) is 11.8 Å². The Hall–Kier alpha value is -0.240. The number of halogens is 2. The van der Waals surface area contributed by atoms with Crippen molar-refractivity contribution in [1.82, 2.24) is 4.48 Å². The summed E-state index contributed by atoms with van der Waals surface area (Å²) < 4.78 is 1.15. The van der Waals surface area contributed by atoms with E-state index >= 15 is 0 Å². The number of rotatable bonds is 2. The molecule has 2 fully saturated rings. The Morgan fingerprint density at radius 1 is 1.18 bits per heavy atom. The number of piperidine rings is 1. The fourth-order valence-electron chi connectivity index (χ4n) is 3.34. The van der Waals surface area contributed by atoms with Crippen LogP contribution in [0.4, 0.5) is 5.69 Å². The summed E-state index contributed by atoms with van der Waals surface area (Å²) in [5, 5.41) is 1.35. The van der Waals surface area contributed by atoms with Crippen molar-refractivity contribution in [2.45, 2.75) is 26.3 Å². The van der Waals surface area contributed by atoms with E-state index in [9.17, 15) is 0 Å². The van der Waals surface area contributed by atoms with Gasteiger partial charge in [0, 0.05) is 24.5 Å². The highest BCUT2D eigenvalue weighted by atomic mass is 35.5. The van der Waals surface area contributed by atoms with Crippen LogP contribution in [0.3, 0.4) is 0 Å². The van der Waals surface area contributed by atoms with Crippen LogP contribution in [-0.2, 0) is 0 Å². The second-order valence-corrected chi connectivity index (χ2v) is 6.71. The summed E-state index contributed by atoms with van der Waals surface area (Å²) in [6, 6.07) is 6.98. The van der Waals surface area contributed by atoms with Gasteiger partial charge in [-0.05, 0) is 12.0 Å². The Balaban J connectivity index is 1.88. The van der Waals surface area contributed by atoms with E-state index in [1.807, 2.05) is 6.07 Å². The monoisotopic (exact) mass is 270 g/mol. The molecular formula is C14H18Cl2N+. The number of nitrogens with zero attached hydrogens (tertiary/aromatic N) is 1. The van der Waals surface area contributed by atoms with Crippen molar-refractivity contribution in [3.05, 3.63) is 28.2 Å². The van der Waals surface area contributed by atoms with Gasteiger partial charge in [0.05, 0.1) is 16.6 Å². The van der Waals surface area contributed by atoms with E-state index in [4.69, 9.17) is 23.2 Å². The molecule has 0 radical (unpaired) electrons. The first kappa shape index (κ1) is 11.8. The van der Waals surface area contributed by atoms with Gasteiger partial charge < -0.3 is 0 Å². The zero-order chi connectivity index (χ0) is 12.2. The van der Waals surface area contributed by atoms with Crippen molar-refractivity contribution >= 4 is 28.9 Å². The number of hydrogen-bond acceptors (Lipinski definition) is 0. The molecule has 3 atom stereocenters. The van der Waals surface area contributed by atoms with E-state index in [1.165, 1.54) is 25.2 Å². The third-order valence-electron chi connectivity index (χ3n) is 4.60. The van der Waals surface area contributed by atoms with E-state index in [0.717, 1.165) is 22.4 Å². The fraction of sp³-hybridized carbons (Fsp3) is 0.571. The molecule has 1 unspecified atom stereocenters. The molecule has 2 aliphatic heterocycles. The van der Waals surface area contributed by atoms with Gasteiger partial charge in [0.1, 0.15) is 18.3 Å². The van der Waals surface area contributed by atoms with E-state index in [0.29, 0.717) is 10.0 Å². The van der Waals surface area contributed by atoms with Crippen LogP contribution in [0.2, 0.25) is 10.0 Å². The maximum atomic E-state index is 6.13. The average Bonchev–Trinajstić information content (AvgIpc) is 2.85. The smallest absolute Gasteiger partial charge is 0.144 e. The molecule has 0 spiro atoms. The molecule has 2 saturated heterocycles. The van der Waals surface area contributed by atoms with Crippen molar-refractivity contribution in [1.29, 1.82) is 0 Å². The Bertz CT molecular complexity index is 458. The lowest BCUT2D eigenvalue weighted by atomic mass is 9.93. The zero-order valence-electron chi connectivity index (χ0n) is 10.3. The SMILES string of the molecule is CC(C)C1C[C@@H]2C[N@@+]2(c2ccc(Cl)c(Cl)c2)C1. The molecular weight excluding hydrogens is 253 g/mol. The molecule has 2 aliphatic rings. The molecule has 0 aliphatic carbocycles. The van der Waals surface area contributed by atoms with Gasteiger partial charge >= 0.3 is 0 Å². The maximum Gasteiger partial charge on any atom is 0.144 e. The predicted molar refractivity (Wildman–Crippen MR) is 74.7 cm³/mol. The molecule has 92 valence electrons. The summed E-state index contributed by atoms with van der Waals surface area (Å²) >= 11 is 12.1. The highest BCUT2D eigenvalue weighted by Gasteiger charge is 2.63. The topological polar surface area (TPSA) is 0 Å². The summed E-state index contributed by atoms with van der Waals surface area (Å²) in [5.74, 6) is 1.66. The van der Waals surface area contributed by atoms with E-state index in [1.54, 1.807) is 0 Å². The molecule has 0 amide bonds. The molecule has 3 heteroatoms. The lowest BCUT2D eigenvalue weighted by Gasteiger charge is -2.20. The Morgan fingerprint density at radius 3 is 2.53 bits per heavy atom. The Kier molecular flexibility index (Phi) is 2.70. The third-order valence-corrected chi connectivity index (χ3v) is 5.34. The van der Waals surface area contributed by atoms with Gasteiger partial charge in [-0.1, -0.05) is 37.0 Å². The van der Waals surface area contributed by atoms with Crippen molar-refractivity contribution in [3.8, 4) is 0 Å². The van der Waals surface area contributed by atoms with Crippen molar-refractivity contribution in [3.63, 3.8) is 0 Å². The molecule has 1 aromatic carbocycles. The lowest BCUT2D eigenvalue weighted by Crippen LogP contribution is -2.29. The van der Waals surface area contributed by atoms with E-state index in [-0.39, 0.29) is 0 Å². The first-order valence-electron chi connectivity index (χ1n) is 6.35. The quantitative estimate of drug-likeness (QED) is 0.554. The van der Waals surface area contributed by atoms with E-state index in [2.05, 4.69) is 26.0 Å². The molecule has 17 heavy (non-hydrogen) atoms. The van der Waals surface area contributed by atoms with Gasteiger partial charge in [-0.25, -0.2) is 0 Å². The molecule has 3 rings (SSSR count). The van der Waals surface area contributed by atoms with Crippen LogP contribution < -0.4 is 4.48 Å². The Labute approximate surface area is 113 Å². The van der Waals surface area contributed by atoms with Gasteiger partial charge in [-0.2, -0.15) is 0 Å². The minimum absolute atomic E-state index is 0.659. The maximum absolute atomic E-state index is 6.13. The molecule has 0 N–H and O–H groups in total. The van der Waals surface area contributed by atoms with Gasteiger partial charge in [-0.3, -0.25) is 4.48 Å². The van der Waals surface area contributed by atoms with Crippen LogP contribution in [0.15, 0.2) is 18.2 Å². The van der Waals surface area contributed by atoms with Gasteiger partial charge in [0.15, 0.2) is 0 Å². The first-order chi connectivity index (χ1) is 8.03. The molecule has 1 aromatic rings. The minimum Gasteiger partial charge on any atom is -0.279 e. The fourth-order valence-corrected chi connectivity index (χ4v) is 3.63. The summed E-state index contributed by atoms with van der Waals surface area (Å²) in [6.07, 6.45) is 1.37. The summed E-state index contributed by atoms with van der Waals surface area (Å²) in [4.78, 5) is 0. The van der Waals surface area contributed by atoms with Gasteiger partial charge in [0.2, 0.25) is 0 Å². The highest BCUT2D eigenvalue weighted by molar-refractivity contribution is 6.42. The van der Waals surface area contributed by atoms with Crippen LogP contribution >= 0.6 is 23.2 Å². The standard InChI is InChI=1S/C14H18Cl2N/c1-9(2)10-5-12-8-17(12,7-10)11-3-4-13(15)14(16)6-11/h3-4,6,9-10,12H,5,7-8H2,1-2H3/q+1/t10?,12-,17-/m1/s1. The van der Waals surface area contributed by atoms with E-state index < -0.39 is 0 Å². The molecule has 0 bridgehead atoms. The number of fused-ring (bicyclic) bond motifs is 1. The number of quaternary nitrogens is 1. The summed E-state index contributed by atoms with van der Waals surface area (Å²) in [6.45, 7) is 7.24. The van der Waals surface area contributed by atoms with Crippen LogP contribution in [0.25, 0.3) is 0 Å². The van der Waals surface area contributed by atoms with Gasteiger partial charge in [-0.15, -0.1) is 0 Å². The van der Waals surface area contributed by atoms with Gasteiger partial charge in [0.25, 0.3) is 0 Å². The second-order valence-electron chi connectivity index (χ2n) is 5.89. The average molecular weight is 271 g/mol. The molecule has 1 nitrogen and oxygen atoms in total. The molecule has 0 saturated carbocycles. The molecule has 0 aromatic heterocycles. The Morgan fingerprint density at radius 2 is 1.94 bits per heavy atom. The predicted octanol–water partition coefficient (Wildman–Crippen LogP) is 4.36. The lowest BCUT2D eigenvalue weighted by molar-refractivity contribution is 0.369. The summed E-state index contributed by atoms with van der Waals surface area (Å²) in [5.41, 5.74) is 1.35. The van der Waals surface area contributed by atoms with Crippen LogP contribution in [0, 0.1) is 11.8 Å².